The summed E-state index contributed by atoms with van der Waals surface area (Å²) in [6.07, 6.45) is 1.75. The highest BCUT2D eigenvalue weighted by Gasteiger charge is 2.20. The van der Waals surface area contributed by atoms with Gasteiger partial charge in [-0.1, -0.05) is 15.9 Å². The van der Waals surface area contributed by atoms with Crippen molar-refractivity contribution in [3.05, 3.63) is 34.4 Å². The molecule has 1 heterocycles. The van der Waals surface area contributed by atoms with Crippen molar-refractivity contribution in [2.24, 2.45) is 5.73 Å². The minimum atomic E-state index is -0.752. The van der Waals surface area contributed by atoms with E-state index in [1.54, 1.807) is 13.1 Å². The maximum atomic E-state index is 11.6. The van der Waals surface area contributed by atoms with Crippen LogP contribution in [0.2, 0.25) is 0 Å². The van der Waals surface area contributed by atoms with Gasteiger partial charge in [0, 0.05) is 27.1 Å². The van der Waals surface area contributed by atoms with E-state index in [2.05, 4.69) is 20.9 Å². The minimum absolute atomic E-state index is 0.332. The molecule has 0 aliphatic carbocycles. The van der Waals surface area contributed by atoms with E-state index in [4.69, 9.17) is 10.5 Å². The Morgan fingerprint density at radius 1 is 1.59 bits per heavy atom. The smallest absolute Gasteiger partial charge is 0.327 e. The minimum Gasteiger partial charge on any atom is -0.465 e. The second kappa shape index (κ2) is 4.89. The molecule has 1 atom stereocenters. The number of nitrogens with two attached hydrogens (primary N) is 1. The SMILES string of the molecule is CCOC(=O)C(N)c1c[nH]c2ccc(Br)cc12. The van der Waals surface area contributed by atoms with Crippen molar-refractivity contribution < 1.29 is 9.53 Å². The Hall–Kier alpha value is -1.33. The second-order valence-corrected chi connectivity index (χ2v) is 4.58. The molecule has 17 heavy (non-hydrogen) atoms. The van der Waals surface area contributed by atoms with Crippen LogP contribution in [0.1, 0.15) is 18.5 Å². The van der Waals surface area contributed by atoms with Gasteiger partial charge in [-0.2, -0.15) is 0 Å². The Morgan fingerprint density at radius 3 is 3.06 bits per heavy atom. The Bertz CT molecular complexity index is 550. The van der Waals surface area contributed by atoms with Crippen LogP contribution < -0.4 is 5.73 Å². The van der Waals surface area contributed by atoms with Crippen molar-refractivity contribution in [1.29, 1.82) is 0 Å². The lowest BCUT2D eigenvalue weighted by Gasteiger charge is -2.09. The van der Waals surface area contributed by atoms with Gasteiger partial charge in [-0.3, -0.25) is 0 Å². The molecule has 3 N–H and O–H groups in total. The first-order valence-corrected chi connectivity index (χ1v) is 6.11. The molecule has 0 saturated carbocycles. The third-order valence-corrected chi connectivity index (χ3v) is 3.04. The maximum absolute atomic E-state index is 11.6. The first-order valence-electron chi connectivity index (χ1n) is 5.32. The molecule has 0 aliphatic rings. The summed E-state index contributed by atoms with van der Waals surface area (Å²) >= 11 is 3.40. The standard InChI is InChI=1S/C12H13BrN2O2/c1-2-17-12(16)11(14)9-6-15-10-4-3-7(13)5-8(9)10/h3-6,11,15H,2,14H2,1H3. The van der Waals surface area contributed by atoms with Gasteiger partial charge in [-0.15, -0.1) is 0 Å². The molecule has 2 rings (SSSR count). The number of fused-ring (bicyclic) bond motifs is 1. The predicted molar refractivity (Wildman–Crippen MR) is 69.6 cm³/mol. The van der Waals surface area contributed by atoms with E-state index in [9.17, 15) is 4.79 Å². The molecule has 1 unspecified atom stereocenters. The number of H-pyrrole nitrogens is 1. The average Bonchev–Trinajstić information content (AvgIpc) is 2.71. The number of aromatic nitrogens is 1. The summed E-state index contributed by atoms with van der Waals surface area (Å²) in [6.45, 7) is 2.09. The number of carbonyl (C=O) groups excluding carboxylic acids is 1. The summed E-state index contributed by atoms with van der Waals surface area (Å²) in [5.41, 5.74) is 7.57. The van der Waals surface area contributed by atoms with Crippen LogP contribution in [0, 0.1) is 0 Å². The molecule has 0 fully saturated rings. The summed E-state index contributed by atoms with van der Waals surface area (Å²) in [5.74, 6) is -0.409. The summed E-state index contributed by atoms with van der Waals surface area (Å²) in [7, 11) is 0. The van der Waals surface area contributed by atoms with Crippen LogP contribution in [0.5, 0.6) is 0 Å². The first kappa shape index (κ1) is 12.1. The number of carbonyl (C=O) groups is 1. The molecule has 2 aromatic rings. The fourth-order valence-corrected chi connectivity index (χ4v) is 2.09. The Balaban J connectivity index is 2.41. The molecule has 5 heteroatoms. The fourth-order valence-electron chi connectivity index (χ4n) is 1.73. The van der Waals surface area contributed by atoms with E-state index in [0.29, 0.717) is 6.61 Å². The summed E-state index contributed by atoms with van der Waals surface area (Å²) < 4.78 is 5.86. The van der Waals surface area contributed by atoms with Gasteiger partial charge < -0.3 is 15.5 Å². The molecular weight excluding hydrogens is 284 g/mol. The lowest BCUT2D eigenvalue weighted by molar-refractivity contribution is -0.144. The highest BCUT2D eigenvalue weighted by atomic mass is 79.9. The average molecular weight is 297 g/mol. The molecule has 1 aromatic heterocycles. The zero-order valence-electron chi connectivity index (χ0n) is 9.37. The van der Waals surface area contributed by atoms with Crippen molar-refractivity contribution in [2.45, 2.75) is 13.0 Å². The van der Waals surface area contributed by atoms with Gasteiger partial charge in [0.25, 0.3) is 0 Å². The van der Waals surface area contributed by atoms with E-state index in [1.807, 2.05) is 18.2 Å². The first-order chi connectivity index (χ1) is 8.13. The summed E-state index contributed by atoms with van der Waals surface area (Å²) in [4.78, 5) is 14.7. The van der Waals surface area contributed by atoms with Crippen LogP contribution in [0.3, 0.4) is 0 Å². The Kier molecular flexibility index (Phi) is 3.49. The fraction of sp³-hybridized carbons (Fsp3) is 0.250. The van der Waals surface area contributed by atoms with E-state index in [0.717, 1.165) is 20.9 Å². The van der Waals surface area contributed by atoms with Gasteiger partial charge in [0.2, 0.25) is 0 Å². The van der Waals surface area contributed by atoms with Crippen molar-refractivity contribution >= 4 is 32.8 Å². The highest BCUT2D eigenvalue weighted by Crippen LogP contribution is 2.26. The van der Waals surface area contributed by atoms with Gasteiger partial charge in [0.05, 0.1) is 6.61 Å². The monoisotopic (exact) mass is 296 g/mol. The number of rotatable bonds is 3. The number of hydrogen-bond donors (Lipinski definition) is 2. The highest BCUT2D eigenvalue weighted by molar-refractivity contribution is 9.10. The van der Waals surface area contributed by atoms with E-state index in [-0.39, 0.29) is 0 Å². The number of hydrogen-bond acceptors (Lipinski definition) is 3. The van der Waals surface area contributed by atoms with Crippen molar-refractivity contribution in [2.75, 3.05) is 6.61 Å². The molecule has 4 nitrogen and oxygen atoms in total. The lowest BCUT2D eigenvalue weighted by Crippen LogP contribution is -2.23. The number of benzene rings is 1. The maximum Gasteiger partial charge on any atom is 0.327 e. The summed E-state index contributed by atoms with van der Waals surface area (Å²) in [6, 6.07) is 5.04. The number of ether oxygens (including phenoxy) is 1. The van der Waals surface area contributed by atoms with Gasteiger partial charge in [-0.05, 0) is 25.1 Å². The summed E-state index contributed by atoms with van der Waals surface area (Å²) in [5, 5.41) is 0.930. The third-order valence-electron chi connectivity index (χ3n) is 2.55. The van der Waals surface area contributed by atoms with E-state index < -0.39 is 12.0 Å². The van der Waals surface area contributed by atoms with Crippen molar-refractivity contribution in [3.63, 3.8) is 0 Å². The lowest BCUT2D eigenvalue weighted by atomic mass is 10.1. The van der Waals surface area contributed by atoms with Crippen LogP contribution >= 0.6 is 15.9 Å². The second-order valence-electron chi connectivity index (χ2n) is 3.66. The zero-order chi connectivity index (χ0) is 12.4. The van der Waals surface area contributed by atoms with Crippen LogP contribution in [-0.4, -0.2) is 17.6 Å². The molecule has 0 saturated heterocycles. The number of aromatic amines is 1. The molecule has 0 radical (unpaired) electrons. The molecule has 0 aliphatic heterocycles. The van der Waals surface area contributed by atoms with Crippen LogP contribution in [0.15, 0.2) is 28.9 Å². The van der Waals surface area contributed by atoms with Crippen LogP contribution in [0.4, 0.5) is 0 Å². The number of esters is 1. The van der Waals surface area contributed by atoms with Gasteiger partial charge in [-0.25, -0.2) is 4.79 Å². The zero-order valence-corrected chi connectivity index (χ0v) is 11.0. The molecule has 0 bridgehead atoms. The third kappa shape index (κ3) is 2.35. The van der Waals surface area contributed by atoms with Crippen LogP contribution in [-0.2, 0) is 9.53 Å². The van der Waals surface area contributed by atoms with Gasteiger partial charge in [0.15, 0.2) is 0 Å². The van der Waals surface area contributed by atoms with E-state index in [1.165, 1.54) is 0 Å². The Morgan fingerprint density at radius 2 is 2.35 bits per heavy atom. The van der Waals surface area contributed by atoms with Gasteiger partial charge in [0.1, 0.15) is 6.04 Å². The molecule has 90 valence electrons. The molecule has 0 amide bonds. The van der Waals surface area contributed by atoms with E-state index >= 15 is 0 Å². The largest absolute Gasteiger partial charge is 0.465 e. The molecular formula is C12H13BrN2O2. The number of nitrogens with one attached hydrogen (secondary N) is 1. The quantitative estimate of drug-likeness (QED) is 0.855. The molecule has 0 spiro atoms. The van der Waals surface area contributed by atoms with Crippen molar-refractivity contribution in [1.82, 2.24) is 4.98 Å². The Labute approximate surface area is 107 Å². The normalized spacial score (nSPS) is 12.6. The van der Waals surface area contributed by atoms with Crippen molar-refractivity contribution in [3.8, 4) is 0 Å². The number of halogens is 1. The predicted octanol–water partition coefficient (Wildman–Crippen LogP) is 2.49. The topological polar surface area (TPSA) is 68.1 Å². The van der Waals surface area contributed by atoms with Crippen LogP contribution in [0.25, 0.3) is 10.9 Å². The van der Waals surface area contributed by atoms with Gasteiger partial charge >= 0.3 is 5.97 Å². The molecule has 1 aromatic carbocycles.